The molecular weight excluding hydrogens is 208 g/mol. The Morgan fingerprint density at radius 3 is 3.06 bits per heavy atom. The van der Waals surface area contributed by atoms with Gasteiger partial charge in [-0.1, -0.05) is 6.07 Å². The Hall–Kier alpha value is -1.59. The molecule has 1 heterocycles. The van der Waals surface area contributed by atoms with Crippen LogP contribution in [-0.4, -0.2) is 30.8 Å². The molecule has 86 valence electrons. The summed E-state index contributed by atoms with van der Waals surface area (Å²) < 4.78 is 10.0. The van der Waals surface area contributed by atoms with Crippen LogP contribution in [0.25, 0.3) is 11.1 Å². The Bertz CT molecular complexity index is 529. The van der Waals surface area contributed by atoms with Gasteiger partial charge in [0.05, 0.1) is 12.2 Å². The van der Waals surface area contributed by atoms with Crippen molar-refractivity contribution in [2.45, 2.75) is 6.54 Å². The second-order valence-electron chi connectivity index (χ2n) is 3.78. The van der Waals surface area contributed by atoms with E-state index in [1.54, 1.807) is 7.11 Å². The molecule has 0 aliphatic carbocycles. The number of benzene rings is 1. The number of ether oxygens (including phenoxy) is 1. The van der Waals surface area contributed by atoms with Crippen molar-refractivity contribution in [3.63, 3.8) is 0 Å². The summed E-state index contributed by atoms with van der Waals surface area (Å²) in [5, 5.41) is 0. The van der Waals surface area contributed by atoms with E-state index in [1.165, 1.54) is 0 Å². The normalized spacial score (nSPS) is 11.4. The molecule has 0 saturated carbocycles. The summed E-state index contributed by atoms with van der Waals surface area (Å²) >= 11 is 0. The first-order valence-corrected chi connectivity index (χ1v) is 4.98. The lowest BCUT2D eigenvalue weighted by Crippen LogP contribution is -2.20. The highest BCUT2D eigenvalue weighted by molar-refractivity contribution is 5.72. The lowest BCUT2D eigenvalue weighted by molar-refractivity contribution is 0.0771. The van der Waals surface area contributed by atoms with Crippen LogP contribution < -0.4 is 5.76 Å². The van der Waals surface area contributed by atoms with Crippen molar-refractivity contribution in [3.8, 4) is 0 Å². The molecule has 0 spiro atoms. The van der Waals surface area contributed by atoms with Crippen molar-refractivity contribution in [2.75, 3.05) is 20.9 Å². The zero-order valence-corrected chi connectivity index (χ0v) is 9.32. The van der Waals surface area contributed by atoms with Crippen LogP contribution in [-0.2, 0) is 11.3 Å². The second-order valence-corrected chi connectivity index (χ2v) is 3.78. The Kier molecular flexibility index (Phi) is 3.07. The van der Waals surface area contributed by atoms with Crippen LogP contribution in [0.2, 0.25) is 0 Å². The topological polar surface area (TPSA) is 58.5 Å². The van der Waals surface area contributed by atoms with E-state index in [9.17, 15) is 4.79 Å². The average molecular weight is 222 g/mol. The van der Waals surface area contributed by atoms with Crippen LogP contribution in [0.5, 0.6) is 0 Å². The van der Waals surface area contributed by atoms with Gasteiger partial charge in [-0.05, 0) is 24.7 Å². The average Bonchev–Trinajstić information content (AvgIpc) is 2.57. The van der Waals surface area contributed by atoms with Gasteiger partial charge < -0.3 is 9.15 Å². The molecule has 0 saturated heterocycles. The molecule has 1 aromatic carbocycles. The van der Waals surface area contributed by atoms with E-state index in [0.717, 1.165) is 17.6 Å². The number of H-pyrrole nitrogens is 1. The summed E-state index contributed by atoms with van der Waals surface area (Å²) in [5.41, 5.74) is 2.39. The first-order valence-electron chi connectivity index (χ1n) is 4.98. The highest BCUT2D eigenvalue weighted by Crippen LogP contribution is 2.13. The number of hydrogen-bond donors (Lipinski definition) is 1. The molecule has 0 atom stereocenters. The lowest BCUT2D eigenvalue weighted by atomic mass is 10.2. The van der Waals surface area contributed by atoms with Crippen LogP contribution >= 0.6 is 0 Å². The molecule has 0 fully saturated rings. The zero-order valence-electron chi connectivity index (χ0n) is 9.32. The standard InChI is InChI=1S/C11H14N2O3/c1-13(7-15-2)6-8-3-4-9-10(5-8)16-11(14)12-9/h3-5H,6-7H2,1-2H3,(H,12,14). The van der Waals surface area contributed by atoms with E-state index >= 15 is 0 Å². The Balaban J connectivity index is 2.22. The molecule has 0 amide bonds. The molecule has 2 rings (SSSR count). The van der Waals surface area contributed by atoms with E-state index in [4.69, 9.17) is 9.15 Å². The molecule has 5 heteroatoms. The molecule has 5 nitrogen and oxygen atoms in total. The van der Waals surface area contributed by atoms with E-state index < -0.39 is 5.76 Å². The zero-order chi connectivity index (χ0) is 11.5. The molecular formula is C11H14N2O3. The van der Waals surface area contributed by atoms with Crippen LogP contribution in [0.3, 0.4) is 0 Å². The fourth-order valence-corrected chi connectivity index (χ4v) is 1.67. The van der Waals surface area contributed by atoms with Gasteiger partial charge in [0.15, 0.2) is 5.58 Å². The number of aromatic amines is 1. The van der Waals surface area contributed by atoms with Crippen LogP contribution in [0, 0.1) is 0 Å². The fraction of sp³-hybridized carbons (Fsp3) is 0.364. The van der Waals surface area contributed by atoms with E-state index in [-0.39, 0.29) is 0 Å². The third-order valence-corrected chi connectivity index (χ3v) is 2.29. The third kappa shape index (κ3) is 2.32. The van der Waals surface area contributed by atoms with Crippen LogP contribution in [0.15, 0.2) is 27.4 Å². The maximum atomic E-state index is 11.0. The Morgan fingerprint density at radius 2 is 2.31 bits per heavy atom. The predicted octanol–water partition coefficient (Wildman–Crippen LogP) is 1.16. The summed E-state index contributed by atoms with van der Waals surface area (Å²) in [6.45, 7) is 1.31. The predicted molar refractivity (Wildman–Crippen MR) is 60.2 cm³/mol. The van der Waals surface area contributed by atoms with E-state index in [0.29, 0.717) is 12.3 Å². The summed E-state index contributed by atoms with van der Waals surface area (Å²) in [7, 11) is 3.62. The third-order valence-electron chi connectivity index (χ3n) is 2.29. The molecule has 1 aromatic heterocycles. The molecule has 0 unspecified atom stereocenters. The van der Waals surface area contributed by atoms with Crippen LogP contribution in [0.1, 0.15) is 5.56 Å². The highest BCUT2D eigenvalue weighted by Gasteiger charge is 2.04. The summed E-state index contributed by atoms with van der Waals surface area (Å²) in [5.74, 6) is -0.419. The maximum Gasteiger partial charge on any atom is 0.417 e. The lowest BCUT2D eigenvalue weighted by Gasteiger charge is -2.14. The SMILES string of the molecule is COCN(C)Cc1ccc2[nH]c(=O)oc2c1. The number of methoxy groups -OCH3 is 1. The molecule has 0 aliphatic heterocycles. The minimum Gasteiger partial charge on any atom is -0.408 e. The van der Waals surface area contributed by atoms with Gasteiger partial charge in [-0.15, -0.1) is 0 Å². The van der Waals surface area contributed by atoms with Crippen LogP contribution in [0.4, 0.5) is 0 Å². The first-order chi connectivity index (χ1) is 7.69. The molecule has 0 aliphatic rings. The van der Waals surface area contributed by atoms with Gasteiger partial charge in [-0.2, -0.15) is 0 Å². The Morgan fingerprint density at radius 1 is 1.50 bits per heavy atom. The van der Waals surface area contributed by atoms with Crippen molar-refractivity contribution in [1.29, 1.82) is 0 Å². The number of nitrogens with zero attached hydrogens (tertiary/aromatic N) is 1. The van der Waals surface area contributed by atoms with E-state index in [1.807, 2.05) is 30.1 Å². The number of aromatic nitrogens is 1. The van der Waals surface area contributed by atoms with Crippen molar-refractivity contribution in [2.24, 2.45) is 0 Å². The first kappa shape index (κ1) is 10.9. The molecule has 16 heavy (non-hydrogen) atoms. The molecule has 0 radical (unpaired) electrons. The van der Waals surface area contributed by atoms with Gasteiger partial charge >= 0.3 is 5.76 Å². The summed E-state index contributed by atoms with van der Waals surface area (Å²) in [4.78, 5) is 15.6. The number of oxazole rings is 1. The van der Waals surface area contributed by atoms with Gasteiger partial charge in [0.1, 0.15) is 0 Å². The van der Waals surface area contributed by atoms with E-state index in [2.05, 4.69) is 4.98 Å². The van der Waals surface area contributed by atoms with Gasteiger partial charge in [0, 0.05) is 13.7 Å². The second kappa shape index (κ2) is 4.51. The number of fused-ring (bicyclic) bond motifs is 1. The quantitative estimate of drug-likeness (QED) is 0.788. The van der Waals surface area contributed by atoms with Gasteiger partial charge in [0.25, 0.3) is 0 Å². The largest absolute Gasteiger partial charge is 0.417 e. The van der Waals surface area contributed by atoms with Crippen molar-refractivity contribution in [3.05, 3.63) is 34.3 Å². The Labute approximate surface area is 92.6 Å². The monoisotopic (exact) mass is 222 g/mol. The number of nitrogens with one attached hydrogen (secondary N) is 1. The minimum absolute atomic E-state index is 0.419. The highest BCUT2D eigenvalue weighted by atomic mass is 16.5. The number of rotatable bonds is 4. The van der Waals surface area contributed by atoms with Gasteiger partial charge in [0.2, 0.25) is 0 Å². The minimum atomic E-state index is -0.419. The van der Waals surface area contributed by atoms with Crippen molar-refractivity contribution in [1.82, 2.24) is 9.88 Å². The maximum absolute atomic E-state index is 11.0. The van der Waals surface area contributed by atoms with Crippen molar-refractivity contribution >= 4 is 11.1 Å². The summed E-state index contributed by atoms with van der Waals surface area (Å²) in [6.07, 6.45) is 0. The molecule has 2 aromatic rings. The van der Waals surface area contributed by atoms with Gasteiger partial charge in [-0.25, -0.2) is 4.79 Å². The summed E-state index contributed by atoms with van der Waals surface area (Å²) in [6, 6.07) is 5.66. The van der Waals surface area contributed by atoms with Crippen molar-refractivity contribution < 1.29 is 9.15 Å². The fourth-order valence-electron chi connectivity index (χ4n) is 1.67. The smallest absolute Gasteiger partial charge is 0.408 e. The molecule has 1 N–H and O–H groups in total. The van der Waals surface area contributed by atoms with Gasteiger partial charge in [-0.3, -0.25) is 9.88 Å². The molecule has 0 bridgehead atoms. The number of hydrogen-bond acceptors (Lipinski definition) is 4.